The maximum atomic E-state index is 8.93. The monoisotopic (exact) mass is 323 g/mol. The first-order valence-electron chi connectivity index (χ1n) is 6.08. The Morgan fingerprint density at radius 2 is 2.00 bits per heavy atom. The molecular weight excluding hydrogens is 314 g/mol. The molecule has 3 nitrogen and oxygen atoms in total. The van der Waals surface area contributed by atoms with E-state index in [4.69, 9.17) is 5.26 Å². The van der Waals surface area contributed by atoms with Gasteiger partial charge in [-0.1, -0.05) is 6.07 Å². The number of anilines is 2. The third-order valence-corrected chi connectivity index (χ3v) is 3.67. The first-order valence-corrected chi connectivity index (χ1v) is 6.87. The standard InChI is InChI=1S/C16H10BrN3/c17-14-9-12(7-6-11(14)10-18)20-16-5-1-4-15-13(16)3-2-8-19-15/h1-9,20H. The van der Waals surface area contributed by atoms with E-state index in [1.54, 1.807) is 12.3 Å². The summed E-state index contributed by atoms with van der Waals surface area (Å²) in [6, 6.07) is 17.6. The molecule has 0 radical (unpaired) electrons. The lowest BCUT2D eigenvalue weighted by molar-refractivity contribution is 1.41. The number of nitrogens with one attached hydrogen (secondary N) is 1. The van der Waals surface area contributed by atoms with Crippen molar-refractivity contribution in [2.75, 3.05) is 5.32 Å². The summed E-state index contributed by atoms with van der Waals surface area (Å²) < 4.78 is 0.781. The van der Waals surface area contributed by atoms with Crippen LogP contribution in [0.5, 0.6) is 0 Å². The van der Waals surface area contributed by atoms with Crippen LogP contribution in [-0.4, -0.2) is 4.98 Å². The zero-order chi connectivity index (χ0) is 13.9. The average Bonchev–Trinajstić information content (AvgIpc) is 2.48. The van der Waals surface area contributed by atoms with Crippen LogP contribution in [0.4, 0.5) is 11.4 Å². The molecular formula is C16H10BrN3. The fourth-order valence-electron chi connectivity index (χ4n) is 2.05. The Morgan fingerprint density at radius 3 is 2.80 bits per heavy atom. The van der Waals surface area contributed by atoms with Gasteiger partial charge in [-0.25, -0.2) is 0 Å². The van der Waals surface area contributed by atoms with E-state index in [0.29, 0.717) is 5.56 Å². The molecule has 2 aromatic carbocycles. The molecule has 1 aromatic heterocycles. The summed E-state index contributed by atoms with van der Waals surface area (Å²) in [6.07, 6.45) is 1.78. The van der Waals surface area contributed by atoms with Crippen molar-refractivity contribution in [3.8, 4) is 6.07 Å². The fraction of sp³-hybridized carbons (Fsp3) is 0. The zero-order valence-electron chi connectivity index (χ0n) is 10.5. The van der Waals surface area contributed by atoms with Gasteiger partial charge < -0.3 is 5.32 Å². The molecule has 0 saturated heterocycles. The van der Waals surface area contributed by atoms with E-state index < -0.39 is 0 Å². The third-order valence-electron chi connectivity index (χ3n) is 3.01. The first-order chi connectivity index (χ1) is 9.78. The highest BCUT2D eigenvalue weighted by molar-refractivity contribution is 9.10. The molecule has 96 valence electrons. The van der Waals surface area contributed by atoms with Crippen LogP contribution in [0.1, 0.15) is 5.56 Å². The smallest absolute Gasteiger partial charge is 0.100 e. The number of pyridine rings is 1. The van der Waals surface area contributed by atoms with Crippen LogP contribution >= 0.6 is 15.9 Å². The second kappa shape index (κ2) is 5.32. The minimum atomic E-state index is 0.620. The molecule has 0 aliphatic rings. The van der Waals surface area contributed by atoms with Crippen LogP contribution in [0.3, 0.4) is 0 Å². The number of hydrogen-bond acceptors (Lipinski definition) is 3. The van der Waals surface area contributed by atoms with Crippen LogP contribution in [0.15, 0.2) is 59.2 Å². The molecule has 4 heteroatoms. The maximum absolute atomic E-state index is 8.93. The molecule has 0 fully saturated rings. The lowest BCUT2D eigenvalue weighted by Gasteiger charge is -2.10. The molecule has 3 rings (SSSR count). The van der Waals surface area contributed by atoms with Crippen LogP contribution < -0.4 is 5.32 Å². The van der Waals surface area contributed by atoms with Crippen molar-refractivity contribution < 1.29 is 0 Å². The highest BCUT2D eigenvalue weighted by Gasteiger charge is 2.04. The molecule has 3 aromatic rings. The Balaban J connectivity index is 2.02. The Hall–Kier alpha value is -2.38. The quantitative estimate of drug-likeness (QED) is 0.749. The van der Waals surface area contributed by atoms with Crippen LogP contribution in [-0.2, 0) is 0 Å². The average molecular weight is 324 g/mol. The van der Waals surface area contributed by atoms with E-state index >= 15 is 0 Å². The lowest BCUT2D eigenvalue weighted by atomic mass is 10.1. The summed E-state index contributed by atoms with van der Waals surface area (Å²) in [5, 5.41) is 13.4. The molecule has 0 spiro atoms. The first kappa shape index (κ1) is 12.6. The summed E-state index contributed by atoms with van der Waals surface area (Å²) in [7, 11) is 0. The fourth-order valence-corrected chi connectivity index (χ4v) is 2.52. The summed E-state index contributed by atoms with van der Waals surface area (Å²) in [6.45, 7) is 0. The van der Waals surface area contributed by atoms with Gasteiger partial charge in [-0.05, 0) is 58.4 Å². The van der Waals surface area contributed by atoms with Gasteiger partial charge in [0.1, 0.15) is 6.07 Å². The summed E-state index contributed by atoms with van der Waals surface area (Å²) in [5.74, 6) is 0. The topological polar surface area (TPSA) is 48.7 Å². The number of rotatable bonds is 2. The van der Waals surface area contributed by atoms with Crippen molar-refractivity contribution in [2.45, 2.75) is 0 Å². The van der Waals surface area contributed by atoms with Gasteiger partial charge in [-0.3, -0.25) is 4.98 Å². The van der Waals surface area contributed by atoms with E-state index in [2.05, 4.69) is 32.3 Å². The minimum Gasteiger partial charge on any atom is -0.355 e. The lowest BCUT2D eigenvalue weighted by Crippen LogP contribution is -1.92. The van der Waals surface area contributed by atoms with Gasteiger partial charge in [0, 0.05) is 27.4 Å². The van der Waals surface area contributed by atoms with E-state index in [0.717, 1.165) is 26.8 Å². The van der Waals surface area contributed by atoms with E-state index in [9.17, 15) is 0 Å². The Labute approximate surface area is 125 Å². The normalized spacial score (nSPS) is 10.2. The molecule has 0 unspecified atom stereocenters. The largest absolute Gasteiger partial charge is 0.355 e. The number of hydrogen-bond donors (Lipinski definition) is 1. The van der Waals surface area contributed by atoms with E-state index in [1.165, 1.54) is 0 Å². The minimum absolute atomic E-state index is 0.620. The number of aromatic nitrogens is 1. The van der Waals surface area contributed by atoms with E-state index in [-0.39, 0.29) is 0 Å². The number of nitriles is 1. The second-order valence-corrected chi connectivity index (χ2v) is 5.16. The Morgan fingerprint density at radius 1 is 1.10 bits per heavy atom. The van der Waals surface area contributed by atoms with Gasteiger partial charge in [0.05, 0.1) is 11.1 Å². The van der Waals surface area contributed by atoms with Crippen molar-refractivity contribution in [1.82, 2.24) is 4.98 Å². The predicted octanol–water partition coefficient (Wildman–Crippen LogP) is 4.61. The van der Waals surface area contributed by atoms with Crippen molar-refractivity contribution in [2.24, 2.45) is 0 Å². The maximum Gasteiger partial charge on any atom is 0.100 e. The zero-order valence-corrected chi connectivity index (χ0v) is 12.1. The van der Waals surface area contributed by atoms with Gasteiger partial charge in [-0.15, -0.1) is 0 Å². The molecule has 20 heavy (non-hydrogen) atoms. The molecule has 1 heterocycles. The molecule has 1 N–H and O–H groups in total. The number of benzene rings is 2. The number of halogens is 1. The van der Waals surface area contributed by atoms with Crippen molar-refractivity contribution in [3.05, 3.63) is 64.8 Å². The van der Waals surface area contributed by atoms with Gasteiger partial charge >= 0.3 is 0 Å². The molecule has 0 atom stereocenters. The summed E-state index contributed by atoms with van der Waals surface area (Å²) in [5.41, 5.74) is 3.49. The number of nitrogens with zero attached hydrogens (tertiary/aromatic N) is 2. The van der Waals surface area contributed by atoms with Crippen LogP contribution in [0.2, 0.25) is 0 Å². The van der Waals surface area contributed by atoms with E-state index in [1.807, 2.05) is 42.5 Å². The highest BCUT2D eigenvalue weighted by atomic mass is 79.9. The molecule has 0 aliphatic heterocycles. The Kier molecular flexibility index (Phi) is 3.36. The van der Waals surface area contributed by atoms with Crippen molar-refractivity contribution in [1.29, 1.82) is 5.26 Å². The van der Waals surface area contributed by atoms with Gasteiger partial charge in [0.25, 0.3) is 0 Å². The second-order valence-electron chi connectivity index (χ2n) is 4.31. The number of fused-ring (bicyclic) bond motifs is 1. The van der Waals surface area contributed by atoms with Crippen molar-refractivity contribution in [3.63, 3.8) is 0 Å². The predicted molar refractivity (Wildman–Crippen MR) is 83.9 cm³/mol. The summed E-state index contributed by atoms with van der Waals surface area (Å²) >= 11 is 3.40. The van der Waals surface area contributed by atoms with Gasteiger partial charge in [0.15, 0.2) is 0 Å². The van der Waals surface area contributed by atoms with Gasteiger partial charge in [-0.2, -0.15) is 5.26 Å². The SMILES string of the molecule is N#Cc1ccc(Nc2cccc3ncccc23)cc1Br. The van der Waals surface area contributed by atoms with Crippen LogP contribution in [0.25, 0.3) is 10.9 Å². The van der Waals surface area contributed by atoms with Crippen LogP contribution in [0, 0.1) is 11.3 Å². The molecule has 0 bridgehead atoms. The highest BCUT2D eigenvalue weighted by Crippen LogP contribution is 2.27. The molecule has 0 amide bonds. The molecule has 0 aliphatic carbocycles. The third kappa shape index (κ3) is 2.36. The van der Waals surface area contributed by atoms with Gasteiger partial charge in [0.2, 0.25) is 0 Å². The van der Waals surface area contributed by atoms with Crippen molar-refractivity contribution >= 4 is 38.2 Å². The Bertz CT molecular complexity index is 816. The summed E-state index contributed by atoms with van der Waals surface area (Å²) in [4.78, 5) is 4.34. The molecule has 0 saturated carbocycles.